The molecule has 0 spiro atoms. The van der Waals surface area contributed by atoms with Crippen LogP contribution in [0.2, 0.25) is 0 Å². The molecule has 1 aliphatic rings. The number of nitrogens with one attached hydrogen (secondary N) is 3. The molecule has 1 aliphatic heterocycles. The van der Waals surface area contributed by atoms with E-state index in [4.69, 9.17) is 0 Å². The second kappa shape index (κ2) is 6.27. The maximum Gasteiger partial charge on any atom is 0.320 e. The first-order chi connectivity index (χ1) is 11.9. The molecule has 128 valence electrons. The summed E-state index contributed by atoms with van der Waals surface area (Å²) in [4.78, 5) is 36.2. The van der Waals surface area contributed by atoms with Gasteiger partial charge in [-0.3, -0.25) is 9.59 Å². The summed E-state index contributed by atoms with van der Waals surface area (Å²) in [6.45, 7) is 1.92. The van der Waals surface area contributed by atoms with Crippen molar-refractivity contribution in [2.45, 2.75) is 18.9 Å². The van der Waals surface area contributed by atoms with Gasteiger partial charge in [-0.1, -0.05) is 35.9 Å². The van der Waals surface area contributed by atoms with Gasteiger partial charge in [0.2, 0.25) is 0 Å². The minimum absolute atomic E-state index is 0.432. The number of fused-ring (bicyclic) bond motifs is 1. The van der Waals surface area contributed by atoms with Crippen molar-refractivity contribution in [2.24, 2.45) is 0 Å². The number of anilines is 2. The zero-order valence-corrected chi connectivity index (χ0v) is 13.5. The summed E-state index contributed by atoms with van der Waals surface area (Å²) in [6, 6.07) is 13.2. The molecule has 4 N–H and O–H groups in total. The lowest BCUT2D eigenvalue weighted by Gasteiger charge is -2.27. The van der Waals surface area contributed by atoms with E-state index in [-0.39, 0.29) is 0 Å². The summed E-state index contributed by atoms with van der Waals surface area (Å²) in [6.07, 6.45) is -0.558. The Labute approximate surface area is 144 Å². The van der Waals surface area contributed by atoms with Crippen LogP contribution >= 0.6 is 0 Å². The largest absolute Gasteiger partial charge is 0.481 e. The molecule has 7 nitrogen and oxygen atoms in total. The SMILES string of the molecule is Cc1ccc(NC(=O)NC2(CC(=O)O)C(=O)Nc3ccccc32)cc1. The number of benzene rings is 2. The van der Waals surface area contributed by atoms with Gasteiger partial charge in [-0.15, -0.1) is 0 Å². The third-order valence-corrected chi connectivity index (χ3v) is 4.08. The number of para-hydroxylation sites is 1. The van der Waals surface area contributed by atoms with Crippen LogP contribution in [0.4, 0.5) is 16.2 Å². The van der Waals surface area contributed by atoms with E-state index in [2.05, 4.69) is 16.0 Å². The Balaban J connectivity index is 1.89. The highest BCUT2D eigenvalue weighted by Crippen LogP contribution is 2.38. The van der Waals surface area contributed by atoms with Crippen LogP contribution in [0.1, 0.15) is 17.5 Å². The van der Waals surface area contributed by atoms with Crippen LogP contribution < -0.4 is 16.0 Å². The highest BCUT2D eigenvalue weighted by atomic mass is 16.4. The van der Waals surface area contributed by atoms with Crippen molar-refractivity contribution in [1.29, 1.82) is 0 Å². The van der Waals surface area contributed by atoms with Crippen LogP contribution in [0.25, 0.3) is 0 Å². The van der Waals surface area contributed by atoms with Gasteiger partial charge < -0.3 is 21.1 Å². The normalized spacial score (nSPS) is 18.2. The second-order valence-corrected chi connectivity index (χ2v) is 5.92. The number of carboxylic acids is 1. The number of hydrogen-bond acceptors (Lipinski definition) is 3. The fraction of sp³-hybridized carbons (Fsp3) is 0.167. The topological polar surface area (TPSA) is 108 Å². The van der Waals surface area contributed by atoms with E-state index >= 15 is 0 Å². The second-order valence-electron chi connectivity index (χ2n) is 5.92. The Kier molecular flexibility index (Phi) is 4.14. The summed E-state index contributed by atoms with van der Waals surface area (Å²) in [7, 11) is 0. The fourth-order valence-corrected chi connectivity index (χ4v) is 2.88. The van der Waals surface area contributed by atoms with Crippen molar-refractivity contribution in [3.05, 3.63) is 59.7 Å². The number of rotatable bonds is 4. The number of carboxylic acid groups (broad SMARTS) is 1. The van der Waals surface area contributed by atoms with E-state index in [1.54, 1.807) is 36.4 Å². The lowest BCUT2D eigenvalue weighted by Crippen LogP contribution is -2.53. The maximum atomic E-state index is 12.5. The first-order valence-electron chi connectivity index (χ1n) is 7.69. The molecule has 1 unspecified atom stereocenters. The molecule has 0 fully saturated rings. The summed E-state index contributed by atoms with van der Waals surface area (Å²) in [5, 5.41) is 17.1. The van der Waals surface area contributed by atoms with Crippen LogP contribution in [0.3, 0.4) is 0 Å². The molecule has 0 bridgehead atoms. The first kappa shape index (κ1) is 16.5. The monoisotopic (exact) mass is 339 g/mol. The van der Waals surface area contributed by atoms with Crippen molar-refractivity contribution in [3.8, 4) is 0 Å². The molecular formula is C18H17N3O4. The zero-order chi connectivity index (χ0) is 18.0. The lowest BCUT2D eigenvalue weighted by atomic mass is 9.88. The van der Waals surface area contributed by atoms with Crippen molar-refractivity contribution in [1.82, 2.24) is 5.32 Å². The van der Waals surface area contributed by atoms with Crippen LogP contribution in [-0.2, 0) is 15.1 Å². The van der Waals surface area contributed by atoms with Crippen LogP contribution in [0.15, 0.2) is 48.5 Å². The lowest BCUT2D eigenvalue weighted by molar-refractivity contribution is -0.141. The Morgan fingerprint density at radius 2 is 1.80 bits per heavy atom. The summed E-state index contributed by atoms with van der Waals surface area (Å²) in [5.41, 5.74) is 0.848. The van der Waals surface area contributed by atoms with E-state index in [9.17, 15) is 19.5 Å². The average molecular weight is 339 g/mol. The van der Waals surface area contributed by atoms with Gasteiger partial charge >= 0.3 is 12.0 Å². The van der Waals surface area contributed by atoms with E-state index < -0.39 is 29.9 Å². The quantitative estimate of drug-likeness (QED) is 0.686. The molecule has 0 aromatic heterocycles. The molecule has 3 amide bonds. The van der Waals surface area contributed by atoms with Gasteiger partial charge in [0.1, 0.15) is 0 Å². The van der Waals surface area contributed by atoms with Gasteiger partial charge in [0.15, 0.2) is 5.54 Å². The Hall–Kier alpha value is -3.35. The predicted octanol–water partition coefficient (Wildman–Crippen LogP) is 2.44. The molecule has 7 heteroatoms. The molecule has 1 atom stereocenters. The standard InChI is InChI=1S/C18H17N3O4/c1-11-6-8-12(9-7-11)19-17(25)21-18(10-15(22)23)13-4-2-3-5-14(13)20-16(18)24/h2-9H,10H2,1H3,(H,20,24)(H,22,23)(H2,19,21,25). The van der Waals surface area contributed by atoms with E-state index in [1.807, 2.05) is 19.1 Å². The van der Waals surface area contributed by atoms with Crippen molar-refractivity contribution < 1.29 is 19.5 Å². The number of carbonyl (C=O) groups is 3. The van der Waals surface area contributed by atoms with E-state index in [0.717, 1.165) is 5.56 Å². The number of aliphatic carboxylic acids is 1. The minimum Gasteiger partial charge on any atom is -0.481 e. The molecular weight excluding hydrogens is 322 g/mol. The van der Waals surface area contributed by atoms with Gasteiger partial charge in [-0.05, 0) is 25.1 Å². The van der Waals surface area contributed by atoms with Gasteiger partial charge in [0.05, 0.1) is 6.42 Å². The molecule has 25 heavy (non-hydrogen) atoms. The molecule has 2 aromatic carbocycles. The highest BCUT2D eigenvalue weighted by molar-refractivity contribution is 6.10. The van der Waals surface area contributed by atoms with Gasteiger partial charge in [-0.25, -0.2) is 4.79 Å². The van der Waals surface area contributed by atoms with Crippen molar-refractivity contribution in [3.63, 3.8) is 0 Å². The third kappa shape index (κ3) is 3.16. The third-order valence-electron chi connectivity index (χ3n) is 4.08. The number of aryl methyl sites for hydroxylation is 1. The maximum absolute atomic E-state index is 12.5. The van der Waals surface area contributed by atoms with Gasteiger partial charge in [0, 0.05) is 16.9 Å². The van der Waals surface area contributed by atoms with Crippen LogP contribution in [-0.4, -0.2) is 23.0 Å². The molecule has 0 saturated heterocycles. The molecule has 0 radical (unpaired) electrons. The van der Waals surface area contributed by atoms with Gasteiger partial charge in [0.25, 0.3) is 5.91 Å². The number of hydrogen-bond donors (Lipinski definition) is 4. The first-order valence-corrected chi connectivity index (χ1v) is 7.69. The molecule has 0 aliphatic carbocycles. The highest BCUT2D eigenvalue weighted by Gasteiger charge is 2.49. The fourth-order valence-electron chi connectivity index (χ4n) is 2.88. The Bertz CT molecular complexity index is 848. The molecule has 1 heterocycles. The van der Waals surface area contributed by atoms with Crippen molar-refractivity contribution >= 4 is 29.3 Å². The van der Waals surface area contributed by atoms with Gasteiger partial charge in [-0.2, -0.15) is 0 Å². The molecule has 2 aromatic rings. The molecule has 3 rings (SSSR count). The summed E-state index contributed by atoms with van der Waals surface area (Å²) in [5.74, 6) is -1.77. The van der Waals surface area contributed by atoms with E-state index in [1.165, 1.54) is 0 Å². The number of amides is 3. The average Bonchev–Trinajstić information content (AvgIpc) is 2.81. The Morgan fingerprint density at radius 1 is 1.12 bits per heavy atom. The zero-order valence-electron chi connectivity index (χ0n) is 13.5. The Morgan fingerprint density at radius 3 is 2.48 bits per heavy atom. The predicted molar refractivity (Wildman–Crippen MR) is 92.3 cm³/mol. The summed E-state index contributed by atoms with van der Waals surface area (Å²) >= 11 is 0. The minimum atomic E-state index is -1.66. The van der Waals surface area contributed by atoms with Crippen LogP contribution in [0, 0.1) is 6.92 Å². The van der Waals surface area contributed by atoms with E-state index in [0.29, 0.717) is 16.9 Å². The number of carbonyl (C=O) groups excluding carboxylic acids is 2. The smallest absolute Gasteiger partial charge is 0.320 e. The summed E-state index contributed by atoms with van der Waals surface area (Å²) < 4.78 is 0. The van der Waals surface area contributed by atoms with Crippen LogP contribution in [0.5, 0.6) is 0 Å². The van der Waals surface area contributed by atoms with Crippen molar-refractivity contribution in [2.75, 3.05) is 10.6 Å². The molecule has 0 saturated carbocycles. The number of urea groups is 1.